The number of terminal acetylenes is 1. The highest BCUT2D eigenvalue weighted by molar-refractivity contribution is 5.83. The third-order valence-electron chi connectivity index (χ3n) is 13.7. The lowest BCUT2D eigenvalue weighted by Crippen LogP contribution is -2.63. The SMILES string of the molecule is C#CC.CCNC(=O)C12CCCC1C1CCC3C(C)(CCC4C(C)(C)C(O)CCC43C)C1CC2.c1ccc2c(c1)OCCO2. The number of benzene rings is 1. The molecule has 7 rings (SSSR count). The van der Waals surface area contributed by atoms with E-state index < -0.39 is 0 Å². The van der Waals surface area contributed by atoms with Crippen LogP contribution in [-0.4, -0.2) is 36.9 Å². The summed E-state index contributed by atoms with van der Waals surface area (Å²) in [5, 5.41) is 14.1. The van der Waals surface area contributed by atoms with E-state index in [1.54, 1.807) is 6.92 Å². The van der Waals surface area contributed by atoms with Crippen LogP contribution in [-0.2, 0) is 4.79 Å². The van der Waals surface area contributed by atoms with E-state index in [0.29, 0.717) is 41.8 Å². The number of carbonyl (C=O) groups excluding carboxylic acids is 1. The molecule has 1 aromatic rings. The van der Waals surface area contributed by atoms with E-state index in [-0.39, 0.29) is 16.9 Å². The van der Waals surface area contributed by atoms with Crippen LogP contribution in [0.5, 0.6) is 11.5 Å². The number of fused-ring (bicyclic) bond motifs is 8. The van der Waals surface area contributed by atoms with Gasteiger partial charge in [0.15, 0.2) is 11.5 Å². The number of hydrogen-bond acceptors (Lipinski definition) is 4. The summed E-state index contributed by atoms with van der Waals surface area (Å²) in [6, 6.07) is 7.70. The Hall–Kier alpha value is -2.19. The Morgan fingerprint density at radius 1 is 0.886 bits per heavy atom. The van der Waals surface area contributed by atoms with Gasteiger partial charge in [-0.25, -0.2) is 0 Å². The minimum Gasteiger partial charge on any atom is -0.486 e. The highest BCUT2D eigenvalue weighted by Gasteiger charge is 2.66. The van der Waals surface area contributed by atoms with E-state index in [2.05, 4.69) is 52.3 Å². The minimum absolute atomic E-state index is 0.0383. The van der Waals surface area contributed by atoms with E-state index in [9.17, 15) is 9.90 Å². The standard InChI is InChI=1S/C28H47NO2.C8H8O2.C3H4/c1-6-29-24(31)28-14-7-8-20(28)18-9-10-22-26(4,19(18)11-17-28)15-12-21-25(2,3)23(30)13-16-27(21,22)5;1-2-4-8-7(3-1)9-5-6-10-8;1-3-2/h18-23,30H,6-17H2,1-5H3,(H,29,31);1-4H,5-6H2;1H,2H3. The number of aliphatic hydroxyl groups is 1. The summed E-state index contributed by atoms with van der Waals surface area (Å²) in [6.07, 6.45) is 18.0. The second-order valence-corrected chi connectivity index (χ2v) is 15.9. The summed E-state index contributed by atoms with van der Waals surface area (Å²) in [6.45, 7) is 15.8. The van der Waals surface area contributed by atoms with Crippen molar-refractivity contribution in [3.05, 3.63) is 24.3 Å². The maximum Gasteiger partial charge on any atom is 0.226 e. The smallest absolute Gasteiger partial charge is 0.226 e. The molecule has 244 valence electrons. The number of nitrogens with one attached hydrogen (secondary N) is 1. The lowest BCUT2D eigenvalue weighted by atomic mass is 9.36. The van der Waals surface area contributed by atoms with Crippen LogP contribution < -0.4 is 14.8 Å². The zero-order valence-electron chi connectivity index (χ0n) is 28.4. The average molecular weight is 606 g/mol. The summed E-state index contributed by atoms with van der Waals surface area (Å²) < 4.78 is 10.6. The van der Waals surface area contributed by atoms with Crippen LogP contribution >= 0.6 is 0 Å². The normalized spacial score (nSPS) is 40.9. The van der Waals surface area contributed by atoms with Crippen molar-refractivity contribution in [1.29, 1.82) is 0 Å². The maximum atomic E-state index is 13.2. The summed E-state index contributed by atoms with van der Waals surface area (Å²) in [5.74, 6) is 7.93. The van der Waals surface area contributed by atoms with E-state index in [0.717, 1.165) is 55.1 Å². The quantitative estimate of drug-likeness (QED) is 0.335. The van der Waals surface area contributed by atoms with Gasteiger partial charge in [-0.05, 0) is 136 Å². The molecular weight excluding hydrogens is 546 g/mol. The second kappa shape index (κ2) is 12.9. The molecule has 0 aromatic heterocycles. The molecule has 0 radical (unpaired) electrons. The minimum atomic E-state index is -0.142. The Morgan fingerprint density at radius 2 is 1.52 bits per heavy atom. The molecule has 1 aromatic carbocycles. The van der Waals surface area contributed by atoms with Crippen molar-refractivity contribution in [1.82, 2.24) is 5.32 Å². The molecule has 2 N–H and O–H groups in total. The van der Waals surface area contributed by atoms with Gasteiger partial charge in [-0.3, -0.25) is 4.79 Å². The zero-order valence-corrected chi connectivity index (χ0v) is 28.4. The summed E-state index contributed by atoms with van der Waals surface area (Å²) in [4.78, 5) is 13.2. The van der Waals surface area contributed by atoms with E-state index >= 15 is 0 Å². The largest absolute Gasteiger partial charge is 0.486 e. The van der Waals surface area contributed by atoms with Crippen LogP contribution in [0.3, 0.4) is 0 Å². The second-order valence-electron chi connectivity index (χ2n) is 15.9. The van der Waals surface area contributed by atoms with Gasteiger partial charge in [-0.1, -0.05) is 46.2 Å². The van der Waals surface area contributed by atoms with Gasteiger partial charge in [0.1, 0.15) is 13.2 Å². The van der Waals surface area contributed by atoms with Crippen molar-refractivity contribution in [2.24, 2.45) is 51.2 Å². The maximum absolute atomic E-state index is 13.2. The molecule has 1 amide bonds. The van der Waals surface area contributed by atoms with E-state index in [1.807, 2.05) is 24.3 Å². The van der Waals surface area contributed by atoms with Crippen LogP contribution in [0.15, 0.2) is 24.3 Å². The molecule has 5 nitrogen and oxygen atoms in total. The molecule has 0 bridgehead atoms. The van der Waals surface area contributed by atoms with E-state index in [4.69, 9.17) is 9.47 Å². The predicted molar refractivity (Wildman–Crippen MR) is 177 cm³/mol. The highest BCUT2D eigenvalue weighted by Crippen LogP contribution is 2.73. The fourth-order valence-electron chi connectivity index (χ4n) is 11.9. The molecule has 5 fully saturated rings. The number of rotatable bonds is 2. The first-order chi connectivity index (χ1) is 21.0. The Balaban J connectivity index is 0.000000245. The Morgan fingerprint density at radius 3 is 2.16 bits per heavy atom. The molecule has 0 saturated heterocycles. The lowest BCUT2D eigenvalue weighted by Gasteiger charge is -2.69. The fraction of sp³-hybridized carbons (Fsp3) is 0.769. The van der Waals surface area contributed by atoms with Crippen molar-refractivity contribution in [3.8, 4) is 23.8 Å². The number of hydrogen-bond donors (Lipinski definition) is 2. The number of aliphatic hydroxyl groups excluding tert-OH is 1. The first kappa shape index (κ1) is 33.2. The molecule has 44 heavy (non-hydrogen) atoms. The molecule has 5 saturated carbocycles. The van der Waals surface area contributed by atoms with Gasteiger partial charge in [0.05, 0.1) is 11.5 Å². The van der Waals surface area contributed by atoms with Gasteiger partial charge in [0.2, 0.25) is 5.91 Å². The first-order valence-electron chi connectivity index (χ1n) is 17.7. The number of ether oxygens (including phenoxy) is 2. The summed E-state index contributed by atoms with van der Waals surface area (Å²) in [5.41, 5.74) is 0.766. The Bertz CT molecular complexity index is 1180. The molecule has 6 aliphatic rings. The van der Waals surface area contributed by atoms with Crippen LogP contribution in [0.4, 0.5) is 0 Å². The molecule has 0 spiro atoms. The average Bonchev–Trinajstić information content (AvgIpc) is 3.46. The van der Waals surface area contributed by atoms with E-state index in [1.165, 1.54) is 51.4 Å². The Kier molecular flexibility index (Phi) is 9.73. The van der Waals surface area contributed by atoms with Crippen LogP contribution in [0.25, 0.3) is 0 Å². The number of para-hydroxylation sites is 2. The lowest BCUT2D eigenvalue weighted by molar-refractivity contribution is -0.214. The van der Waals surface area contributed by atoms with Gasteiger partial charge in [0, 0.05) is 6.54 Å². The van der Waals surface area contributed by atoms with Crippen LogP contribution in [0.1, 0.15) is 112 Å². The monoisotopic (exact) mass is 605 g/mol. The predicted octanol–water partition coefficient (Wildman–Crippen LogP) is 8.05. The highest BCUT2D eigenvalue weighted by atomic mass is 16.6. The molecule has 1 heterocycles. The summed E-state index contributed by atoms with van der Waals surface area (Å²) >= 11 is 0. The van der Waals surface area contributed by atoms with Gasteiger partial charge < -0.3 is 19.9 Å². The fourth-order valence-corrected chi connectivity index (χ4v) is 11.9. The molecular formula is C39H59NO4. The number of carbonyl (C=O) groups is 1. The van der Waals surface area contributed by atoms with Crippen molar-refractivity contribution < 1.29 is 19.4 Å². The molecule has 5 heteroatoms. The third-order valence-corrected chi connectivity index (χ3v) is 13.7. The Labute approximate surface area is 267 Å². The van der Waals surface area contributed by atoms with Gasteiger partial charge >= 0.3 is 0 Å². The van der Waals surface area contributed by atoms with Gasteiger partial charge in [-0.2, -0.15) is 0 Å². The molecule has 9 atom stereocenters. The van der Waals surface area contributed by atoms with Crippen LogP contribution in [0, 0.1) is 63.6 Å². The molecule has 5 aliphatic carbocycles. The van der Waals surface area contributed by atoms with Crippen molar-refractivity contribution in [3.63, 3.8) is 0 Å². The summed E-state index contributed by atoms with van der Waals surface area (Å²) in [7, 11) is 0. The topological polar surface area (TPSA) is 67.8 Å². The van der Waals surface area contributed by atoms with Crippen molar-refractivity contribution in [2.45, 2.75) is 118 Å². The zero-order chi connectivity index (χ0) is 31.8. The third kappa shape index (κ3) is 5.46. The first-order valence-corrected chi connectivity index (χ1v) is 17.7. The number of amides is 1. The van der Waals surface area contributed by atoms with Gasteiger partial charge in [-0.15, -0.1) is 12.3 Å². The van der Waals surface area contributed by atoms with Crippen molar-refractivity contribution >= 4 is 5.91 Å². The molecule has 9 unspecified atom stereocenters. The van der Waals surface area contributed by atoms with Crippen LogP contribution in [0.2, 0.25) is 0 Å². The van der Waals surface area contributed by atoms with Crippen molar-refractivity contribution in [2.75, 3.05) is 19.8 Å². The molecule has 1 aliphatic heterocycles. The van der Waals surface area contributed by atoms with Gasteiger partial charge in [0.25, 0.3) is 0 Å².